The summed E-state index contributed by atoms with van der Waals surface area (Å²) in [5.41, 5.74) is 0. The first kappa shape index (κ1) is 16.4. The number of carboxylic acids is 1. The van der Waals surface area contributed by atoms with Gasteiger partial charge in [-0.1, -0.05) is 0 Å². The molecule has 0 spiro atoms. The molecule has 1 fully saturated rings. The quantitative estimate of drug-likeness (QED) is 0.481. The second-order valence-corrected chi connectivity index (χ2v) is 4.69. The summed E-state index contributed by atoms with van der Waals surface area (Å²) in [7, 11) is 1.64. The molecular formula is C13H25NO5. The fourth-order valence-corrected chi connectivity index (χ4v) is 1.62. The van der Waals surface area contributed by atoms with Crippen molar-refractivity contribution < 1.29 is 24.1 Å². The van der Waals surface area contributed by atoms with Crippen molar-refractivity contribution in [3.8, 4) is 0 Å². The summed E-state index contributed by atoms with van der Waals surface area (Å²) in [6, 6.07) is -0.0827. The van der Waals surface area contributed by atoms with E-state index in [-0.39, 0.29) is 0 Å². The molecular weight excluding hydrogens is 250 g/mol. The maximum atomic E-state index is 11.0. The molecule has 0 aliphatic heterocycles. The van der Waals surface area contributed by atoms with Crippen molar-refractivity contribution in [1.82, 2.24) is 5.32 Å². The third-order valence-corrected chi connectivity index (χ3v) is 2.87. The number of nitrogens with one attached hydrogen (secondary N) is 1. The Morgan fingerprint density at radius 3 is 2.47 bits per heavy atom. The van der Waals surface area contributed by atoms with Gasteiger partial charge in [0.05, 0.1) is 13.2 Å². The molecule has 0 bridgehead atoms. The van der Waals surface area contributed by atoms with Gasteiger partial charge in [-0.3, -0.25) is 4.79 Å². The minimum atomic E-state index is -0.793. The summed E-state index contributed by atoms with van der Waals surface area (Å²) in [5.74, 6) is -0.793. The van der Waals surface area contributed by atoms with Crippen LogP contribution in [0, 0.1) is 0 Å². The molecule has 1 saturated carbocycles. The molecule has 0 amide bonds. The van der Waals surface area contributed by atoms with Gasteiger partial charge in [0.25, 0.3) is 0 Å². The Morgan fingerprint density at radius 1 is 1.21 bits per heavy atom. The van der Waals surface area contributed by atoms with Crippen molar-refractivity contribution in [2.45, 2.75) is 37.8 Å². The van der Waals surface area contributed by atoms with Crippen LogP contribution < -0.4 is 5.32 Å². The Hall–Kier alpha value is -0.690. The normalized spacial score (nSPS) is 16.5. The first-order valence-electron chi connectivity index (χ1n) is 6.87. The Bertz CT molecular complexity index is 245. The molecule has 2 N–H and O–H groups in total. The SMILES string of the molecule is COCCOCCCOCCC(NC1CC1)C(=O)O. The number of aliphatic carboxylic acids is 1. The predicted octanol–water partition coefficient (Wildman–Crippen LogP) is 0.651. The third-order valence-electron chi connectivity index (χ3n) is 2.87. The van der Waals surface area contributed by atoms with Crippen LogP contribution in [0.1, 0.15) is 25.7 Å². The van der Waals surface area contributed by atoms with Crippen molar-refractivity contribution in [1.29, 1.82) is 0 Å². The van der Waals surface area contributed by atoms with E-state index < -0.39 is 12.0 Å². The highest BCUT2D eigenvalue weighted by molar-refractivity contribution is 5.73. The van der Waals surface area contributed by atoms with Gasteiger partial charge in [-0.25, -0.2) is 0 Å². The van der Waals surface area contributed by atoms with Crippen LogP contribution in [-0.4, -0.2) is 63.3 Å². The number of ether oxygens (including phenoxy) is 3. The average Bonchev–Trinajstić information content (AvgIpc) is 3.19. The van der Waals surface area contributed by atoms with Gasteiger partial charge in [0.15, 0.2) is 0 Å². The summed E-state index contributed by atoms with van der Waals surface area (Å²) in [4.78, 5) is 11.0. The number of hydrogen-bond acceptors (Lipinski definition) is 5. The van der Waals surface area contributed by atoms with Gasteiger partial charge in [0.1, 0.15) is 6.04 Å². The van der Waals surface area contributed by atoms with Crippen molar-refractivity contribution in [3.05, 3.63) is 0 Å². The lowest BCUT2D eigenvalue weighted by molar-refractivity contribution is -0.140. The predicted molar refractivity (Wildman–Crippen MR) is 70.3 cm³/mol. The van der Waals surface area contributed by atoms with E-state index in [9.17, 15) is 4.79 Å². The average molecular weight is 275 g/mol. The zero-order valence-corrected chi connectivity index (χ0v) is 11.6. The standard InChI is InChI=1S/C13H25NO5/c1-17-9-10-19-7-2-6-18-8-5-12(13(15)16)14-11-3-4-11/h11-12,14H,2-10H2,1H3,(H,15,16). The highest BCUT2D eigenvalue weighted by Crippen LogP contribution is 2.19. The summed E-state index contributed by atoms with van der Waals surface area (Å²) >= 11 is 0. The molecule has 1 aliphatic rings. The van der Waals surface area contributed by atoms with Crippen LogP contribution in [0.3, 0.4) is 0 Å². The summed E-state index contributed by atoms with van der Waals surface area (Å²) in [6.45, 7) is 2.92. The van der Waals surface area contributed by atoms with Gasteiger partial charge in [-0.15, -0.1) is 0 Å². The van der Waals surface area contributed by atoms with E-state index in [2.05, 4.69) is 5.32 Å². The smallest absolute Gasteiger partial charge is 0.320 e. The first-order chi connectivity index (χ1) is 9.24. The lowest BCUT2D eigenvalue weighted by atomic mass is 10.2. The number of carboxylic acid groups (broad SMARTS) is 1. The summed E-state index contributed by atoms with van der Waals surface area (Å²) < 4.78 is 15.6. The second kappa shape index (κ2) is 10.1. The van der Waals surface area contributed by atoms with Crippen molar-refractivity contribution >= 4 is 5.97 Å². The van der Waals surface area contributed by atoms with Gasteiger partial charge in [0, 0.05) is 33.0 Å². The van der Waals surface area contributed by atoms with Gasteiger partial charge in [-0.2, -0.15) is 0 Å². The van der Waals surface area contributed by atoms with Crippen molar-refractivity contribution in [2.24, 2.45) is 0 Å². The molecule has 0 aromatic rings. The highest BCUT2D eigenvalue weighted by atomic mass is 16.5. The zero-order chi connectivity index (χ0) is 13.9. The minimum absolute atomic E-state index is 0.398. The van der Waals surface area contributed by atoms with Crippen LogP contribution in [-0.2, 0) is 19.0 Å². The van der Waals surface area contributed by atoms with Gasteiger partial charge >= 0.3 is 5.97 Å². The van der Waals surface area contributed by atoms with Crippen LogP contribution >= 0.6 is 0 Å². The van der Waals surface area contributed by atoms with E-state index in [1.54, 1.807) is 7.11 Å². The highest BCUT2D eigenvalue weighted by Gasteiger charge is 2.27. The lowest BCUT2D eigenvalue weighted by Gasteiger charge is -2.13. The van der Waals surface area contributed by atoms with Gasteiger partial charge in [-0.05, 0) is 25.7 Å². The van der Waals surface area contributed by atoms with E-state index >= 15 is 0 Å². The Morgan fingerprint density at radius 2 is 1.89 bits per heavy atom. The third kappa shape index (κ3) is 8.93. The van der Waals surface area contributed by atoms with E-state index in [4.69, 9.17) is 19.3 Å². The van der Waals surface area contributed by atoms with Crippen LogP contribution in [0.2, 0.25) is 0 Å². The van der Waals surface area contributed by atoms with Crippen LogP contribution in [0.25, 0.3) is 0 Å². The largest absolute Gasteiger partial charge is 0.480 e. The van der Waals surface area contributed by atoms with Crippen LogP contribution in [0.4, 0.5) is 0 Å². The Kier molecular flexibility index (Phi) is 8.73. The minimum Gasteiger partial charge on any atom is -0.480 e. The van der Waals surface area contributed by atoms with E-state index in [1.165, 1.54) is 0 Å². The molecule has 0 radical (unpaired) electrons. The molecule has 6 heteroatoms. The maximum absolute atomic E-state index is 11.0. The second-order valence-electron chi connectivity index (χ2n) is 4.69. The molecule has 19 heavy (non-hydrogen) atoms. The number of carbonyl (C=O) groups is 1. The Balaban J connectivity index is 1.89. The number of methoxy groups -OCH3 is 1. The molecule has 0 saturated heterocycles. The summed E-state index contributed by atoms with van der Waals surface area (Å²) in [5, 5.41) is 12.1. The fraction of sp³-hybridized carbons (Fsp3) is 0.923. The van der Waals surface area contributed by atoms with Crippen molar-refractivity contribution in [2.75, 3.05) is 40.1 Å². The summed E-state index contributed by atoms with van der Waals surface area (Å²) in [6.07, 6.45) is 3.50. The number of rotatable bonds is 13. The molecule has 1 aliphatic carbocycles. The molecule has 0 heterocycles. The van der Waals surface area contributed by atoms with Crippen LogP contribution in [0.5, 0.6) is 0 Å². The van der Waals surface area contributed by atoms with Crippen molar-refractivity contribution in [3.63, 3.8) is 0 Å². The molecule has 1 rings (SSSR count). The molecule has 112 valence electrons. The van der Waals surface area contributed by atoms with E-state index in [0.717, 1.165) is 19.3 Å². The molecule has 1 atom stereocenters. The molecule has 0 aromatic heterocycles. The molecule has 6 nitrogen and oxygen atoms in total. The van der Waals surface area contributed by atoms with Gasteiger partial charge < -0.3 is 24.6 Å². The Labute approximate surface area is 114 Å². The number of hydrogen-bond donors (Lipinski definition) is 2. The zero-order valence-electron chi connectivity index (χ0n) is 11.6. The van der Waals surface area contributed by atoms with E-state index in [0.29, 0.717) is 45.5 Å². The van der Waals surface area contributed by atoms with Crippen LogP contribution in [0.15, 0.2) is 0 Å². The monoisotopic (exact) mass is 275 g/mol. The first-order valence-corrected chi connectivity index (χ1v) is 6.87. The van der Waals surface area contributed by atoms with E-state index in [1.807, 2.05) is 0 Å². The fourth-order valence-electron chi connectivity index (χ4n) is 1.62. The topological polar surface area (TPSA) is 77.0 Å². The van der Waals surface area contributed by atoms with Gasteiger partial charge in [0.2, 0.25) is 0 Å². The lowest BCUT2D eigenvalue weighted by Crippen LogP contribution is -2.39. The molecule has 1 unspecified atom stereocenters. The maximum Gasteiger partial charge on any atom is 0.320 e. The molecule has 0 aromatic carbocycles.